The normalized spacial score (nSPS) is 15.7. The molecule has 3 heterocycles. The van der Waals surface area contributed by atoms with Crippen molar-refractivity contribution in [1.29, 1.82) is 0 Å². The quantitative estimate of drug-likeness (QED) is 0.748. The van der Waals surface area contributed by atoms with Gasteiger partial charge in [-0.2, -0.15) is 0 Å². The highest BCUT2D eigenvalue weighted by Gasteiger charge is 2.11. The van der Waals surface area contributed by atoms with E-state index in [-0.39, 0.29) is 5.91 Å². The van der Waals surface area contributed by atoms with E-state index in [4.69, 9.17) is 0 Å². The zero-order valence-corrected chi connectivity index (χ0v) is 14.7. The van der Waals surface area contributed by atoms with Gasteiger partial charge in [0.25, 0.3) is 0 Å². The van der Waals surface area contributed by atoms with Gasteiger partial charge in [0.2, 0.25) is 5.91 Å². The second-order valence-electron chi connectivity index (χ2n) is 5.59. The topological polar surface area (TPSA) is 57.3 Å². The predicted octanol–water partition coefficient (Wildman–Crippen LogP) is 1.83. The van der Waals surface area contributed by atoms with Gasteiger partial charge in [0.1, 0.15) is 5.01 Å². The molecule has 2 aromatic heterocycles. The lowest BCUT2D eigenvalue weighted by atomic mass is 10.3. The van der Waals surface area contributed by atoms with Gasteiger partial charge in [-0.15, -0.1) is 22.7 Å². The van der Waals surface area contributed by atoms with Gasteiger partial charge in [0.05, 0.1) is 17.0 Å². The molecule has 0 radical (unpaired) electrons. The Balaban J connectivity index is 1.36. The molecule has 1 aliphatic rings. The smallest absolute Gasteiger partial charge is 0.226 e. The monoisotopic (exact) mass is 350 g/mol. The van der Waals surface area contributed by atoms with Crippen LogP contribution in [0.2, 0.25) is 0 Å². The Kier molecular flexibility index (Phi) is 6.15. The number of aromatic nitrogens is 1. The Labute approximate surface area is 144 Å². The summed E-state index contributed by atoms with van der Waals surface area (Å²) in [5, 5.41) is 11.4. The number of piperazine rings is 1. The molecule has 1 amide bonds. The SMILES string of the molecule is O=C(Cc1csc(-c2cccs2)n1)NCCCN1CCNCC1. The van der Waals surface area contributed by atoms with E-state index in [0.29, 0.717) is 6.42 Å². The minimum absolute atomic E-state index is 0.0633. The number of rotatable bonds is 7. The van der Waals surface area contributed by atoms with Crippen molar-refractivity contribution < 1.29 is 4.79 Å². The second kappa shape index (κ2) is 8.54. The Morgan fingerprint density at radius 1 is 1.35 bits per heavy atom. The maximum atomic E-state index is 12.0. The molecule has 2 N–H and O–H groups in total. The average molecular weight is 351 g/mol. The van der Waals surface area contributed by atoms with Crippen LogP contribution < -0.4 is 10.6 Å². The van der Waals surface area contributed by atoms with Crippen LogP contribution in [0.5, 0.6) is 0 Å². The molecule has 0 atom stereocenters. The summed E-state index contributed by atoms with van der Waals surface area (Å²) in [4.78, 5) is 20.1. The van der Waals surface area contributed by atoms with E-state index in [0.717, 1.165) is 61.3 Å². The standard InChI is InChI=1S/C16H22N4OS2/c21-15(18-4-2-7-20-8-5-17-6-9-20)11-13-12-23-16(19-13)14-3-1-10-22-14/h1,3,10,12,17H,2,4-9,11H2,(H,18,21). The van der Waals surface area contributed by atoms with Crippen LogP contribution in [0.1, 0.15) is 12.1 Å². The summed E-state index contributed by atoms with van der Waals surface area (Å²) in [6.07, 6.45) is 1.37. The molecule has 0 saturated carbocycles. The lowest BCUT2D eigenvalue weighted by Gasteiger charge is -2.27. The number of carbonyl (C=O) groups is 1. The van der Waals surface area contributed by atoms with Crippen molar-refractivity contribution in [3.05, 3.63) is 28.6 Å². The Hall–Kier alpha value is -1.28. The first-order chi connectivity index (χ1) is 11.3. The van der Waals surface area contributed by atoms with Crippen LogP contribution in [-0.2, 0) is 11.2 Å². The zero-order chi connectivity index (χ0) is 15.9. The molecule has 1 saturated heterocycles. The first-order valence-corrected chi connectivity index (χ1v) is 9.75. The van der Waals surface area contributed by atoms with Crippen LogP contribution in [0.3, 0.4) is 0 Å². The van der Waals surface area contributed by atoms with Crippen LogP contribution in [-0.4, -0.2) is 55.1 Å². The van der Waals surface area contributed by atoms with E-state index in [1.165, 1.54) is 0 Å². The zero-order valence-electron chi connectivity index (χ0n) is 13.1. The van der Waals surface area contributed by atoms with Gasteiger partial charge in [-0.25, -0.2) is 4.98 Å². The van der Waals surface area contributed by atoms with Crippen LogP contribution in [0.25, 0.3) is 9.88 Å². The molecular formula is C16H22N4OS2. The molecule has 0 aliphatic carbocycles. The predicted molar refractivity (Wildman–Crippen MR) is 96.1 cm³/mol. The maximum absolute atomic E-state index is 12.0. The van der Waals surface area contributed by atoms with Gasteiger partial charge >= 0.3 is 0 Å². The van der Waals surface area contributed by atoms with Gasteiger partial charge in [0, 0.05) is 38.1 Å². The molecule has 0 bridgehead atoms. The van der Waals surface area contributed by atoms with Gasteiger partial charge < -0.3 is 15.5 Å². The first-order valence-electron chi connectivity index (χ1n) is 7.99. The minimum Gasteiger partial charge on any atom is -0.356 e. The maximum Gasteiger partial charge on any atom is 0.226 e. The van der Waals surface area contributed by atoms with Crippen molar-refractivity contribution in [2.24, 2.45) is 0 Å². The minimum atomic E-state index is 0.0633. The van der Waals surface area contributed by atoms with Gasteiger partial charge in [0.15, 0.2) is 0 Å². The highest BCUT2D eigenvalue weighted by Crippen LogP contribution is 2.27. The van der Waals surface area contributed by atoms with Gasteiger partial charge in [-0.05, 0) is 24.4 Å². The molecule has 7 heteroatoms. The number of hydrogen-bond acceptors (Lipinski definition) is 6. The fraction of sp³-hybridized carbons (Fsp3) is 0.500. The Morgan fingerprint density at radius 2 is 2.22 bits per heavy atom. The average Bonchev–Trinajstić information content (AvgIpc) is 3.24. The summed E-state index contributed by atoms with van der Waals surface area (Å²) in [6.45, 7) is 6.16. The molecule has 23 heavy (non-hydrogen) atoms. The molecule has 0 unspecified atom stereocenters. The number of nitrogens with zero attached hydrogens (tertiary/aromatic N) is 2. The molecule has 3 rings (SSSR count). The lowest BCUT2D eigenvalue weighted by Crippen LogP contribution is -2.44. The van der Waals surface area contributed by atoms with E-state index in [2.05, 4.69) is 26.6 Å². The summed E-state index contributed by atoms with van der Waals surface area (Å²) in [5.74, 6) is 0.0633. The van der Waals surface area contributed by atoms with Crippen molar-refractivity contribution in [3.63, 3.8) is 0 Å². The third-order valence-electron chi connectivity index (χ3n) is 3.81. The third-order valence-corrected chi connectivity index (χ3v) is 5.74. The molecule has 1 fully saturated rings. The second-order valence-corrected chi connectivity index (χ2v) is 7.40. The van der Waals surface area contributed by atoms with E-state index in [1.807, 2.05) is 16.8 Å². The molecule has 124 valence electrons. The van der Waals surface area contributed by atoms with Crippen LogP contribution in [0.15, 0.2) is 22.9 Å². The summed E-state index contributed by atoms with van der Waals surface area (Å²) in [7, 11) is 0. The Bertz CT molecular complexity index is 605. The van der Waals surface area contributed by atoms with Crippen LogP contribution in [0.4, 0.5) is 0 Å². The molecular weight excluding hydrogens is 328 g/mol. The van der Waals surface area contributed by atoms with Gasteiger partial charge in [-0.3, -0.25) is 4.79 Å². The van der Waals surface area contributed by atoms with E-state index in [9.17, 15) is 4.79 Å². The number of hydrogen-bond donors (Lipinski definition) is 2. The first kappa shape index (κ1) is 16.6. The van der Waals surface area contributed by atoms with Gasteiger partial charge in [-0.1, -0.05) is 6.07 Å². The Morgan fingerprint density at radius 3 is 3.00 bits per heavy atom. The van der Waals surface area contributed by atoms with Crippen molar-refractivity contribution in [3.8, 4) is 9.88 Å². The van der Waals surface area contributed by atoms with Crippen molar-refractivity contribution in [2.45, 2.75) is 12.8 Å². The van der Waals surface area contributed by atoms with Crippen molar-refractivity contribution in [1.82, 2.24) is 20.5 Å². The summed E-state index contributed by atoms with van der Waals surface area (Å²) in [5.41, 5.74) is 0.859. The molecule has 5 nitrogen and oxygen atoms in total. The molecule has 1 aliphatic heterocycles. The lowest BCUT2D eigenvalue weighted by molar-refractivity contribution is -0.120. The number of amides is 1. The highest BCUT2D eigenvalue weighted by atomic mass is 32.1. The fourth-order valence-corrected chi connectivity index (χ4v) is 4.23. The molecule has 2 aromatic rings. The van der Waals surface area contributed by atoms with Crippen LogP contribution in [0, 0.1) is 0 Å². The fourth-order valence-electron chi connectivity index (χ4n) is 2.59. The number of nitrogens with one attached hydrogen (secondary N) is 2. The van der Waals surface area contributed by atoms with E-state index in [1.54, 1.807) is 22.7 Å². The molecule has 0 aromatic carbocycles. The largest absolute Gasteiger partial charge is 0.356 e. The third kappa shape index (κ3) is 5.10. The number of thiazole rings is 1. The van der Waals surface area contributed by atoms with E-state index < -0.39 is 0 Å². The number of carbonyl (C=O) groups excluding carboxylic acids is 1. The van der Waals surface area contributed by atoms with Crippen molar-refractivity contribution in [2.75, 3.05) is 39.3 Å². The van der Waals surface area contributed by atoms with Crippen molar-refractivity contribution >= 4 is 28.6 Å². The van der Waals surface area contributed by atoms with E-state index >= 15 is 0 Å². The summed E-state index contributed by atoms with van der Waals surface area (Å²) >= 11 is 3.28. The summed E-state index contributed by atoms with van der Waals surface area (Å²) in [6, 6.07) is 4.08. The number of thiophene rings is 1. The summed E-state index contributed by atoms with van der Waals surface area (Å²) < 4.78 is 0. The molecule has 0 spiro atoms. The highest BCUT2D eigenvalue weighted by molar-refractivity contribution is 7.20. The van der Waals surface area contributed by atoms with Crippen LogP contribution >= 0.6 is 22.7 Å².